The predicted octanol–water partition coefficient (Wildman–Crippen LogP) is 2.78. The molecular weight excluding hydrogens is 378 g/mol. The third kappa shape index (κ3) is 5.04. The highest BCUT2D eigenvalue weighted by atomic mass is 32.2. The maximum absolute atomic E-state index is 12.1. The molecule has 1 atom stereocenters. The van der Waals surface area contributed by atoms with E-state index in [9.17, 15) is 9.59 Å². The van der Waals surface area contributed by atoms with Crippen molar-refractivity contribution in [3.8, 4) is 0 Å². The Labute approximate surface area is 158 Å². The van der Waals surface area contributed by atoms with E-state index < -0.39 is 5.97 Å². The molecule has 0 spiro atoms. The minimum absolute atomic E-state index is 0.0837. The lowest BCUT2D eigenvalue weighted by molar-refractivity contribution is -0.128. The molecule has 3 rings (SSSR count). The van der Waals surface area contributed by atoms with Crippen molar-refractivity contribution < 1.29 is 14.7 Å². The summed E-state index contributed by atoms with van der Waals surface area (Å²) in [7, 11) is 0. The summed E-state index contributed by atoms with van der Waals surface area (Å²) in [5, 5.41) is 15.9. The average Bonchev–Trinajstić information content (AvgIpc) is 3.31. The van der Waals surface area contributed by atoms with Gasteiger partial charge < -0.3 is 15.3 Å². The SMILES string of the molecule is O=C(O)c1csc(SCCN2C(=O)CCC2CNCc2cccs2)n1. The summed E-state index contributed by atoms with van der Waals surface area (Å²) < 4.78 is 0.733. The molecule has 134 valence electrons. The molecule has 6 nitrogen and oxygen atoms in total. The summed E-state index contributed by atoms with van der Waals surface area (Å²) in [6, 6.07) is 4.38. The summed E-state index contributed by atoms with van der Waals surface area (Å²) in [4.78, 5) is 30.3. The van der Waals surface area contributed by atoms with E-state index in [-0.39, 0.29) is 17.6 Å². The van der Waals surface area contributed by atoms with Crippen LogP contribution < -0.4 is 5.32 Å². The third-order valence-corrected chi connectivity index (χ3v) is 6.85. The molecule has 1 aliphatic rings. The lowest BCUT2D eigenvalue weighted by atomic mass is 10.2. The van der Waals surface area contributed by atoms with Crippen LogP contribution in [0.25, 0.3) is 0 Å². The number of carboxylic acids is 1. The van der Waals surface area contributed by atoms with E-state index in [1.807, 2.05) is 11.0 Å². The van der Waals surface area contributed by atoms with E-state index in [4.69, 9.17) is 5.11 Å². The molecule has 3 heterocycles. The van der Waals surface area contributed by atoms with E-state index >= 15 is 0 Å². The van der Waals surface area contributed by atoms with Gasteiger partial charge in [0.15, 0.2) is 10.0 Å². The maximum Gasteiger partial charge on any atom is 0.355 e. The number of nitrogens with one attached hydrogen (secondary N) is 1. The van der Waals surface area contributed by atoms with E-state index in [1.54, 1.807) is 16.7 Å². The van der Waals surface area contributed by atoms with Crippen LogP contribution in [0.3, 0.4) is 0 Å². The Morgan fingerprint density at radius 2 is 2.36 bits per heavy atom. The highest BCUT2D eigenvalue weighted by molar-refractivity contribution is 8.01. The first-order chi connectivity index (χ1) is 12.1. The van der Waals surface area contributed by atoms with Crippen LogP contribution in [0.5, 0.6) is 0 Å². The monoisotopic (exact) mass is 397 g/mol. The fourth-order valence-electron chi connectivity index (χ4n) is 2.74. The van der Waals surface area contributed by atoms with Crippen molar-refractivity contribution in [3.63, 3.8) is 0 Å². The van der Waals surface area contributed by atoms with Crippen LogP contribution in [0.4, 0.5) is 0 Å². The number of nitrogens with zero attached hydrogens (tertiary/aromatic N) is 2. The van der Waals surface area contributed by atoms with E-state index in [0.29, 0.717) is 13.0 Å². The number of rotatable bonds is 9. The number of aromatic carboxylic acids is 1. The summed E-state index contributed by atoms with van der Waals surface area (Å²) in [6.07, 6.45) is 1.50. The molecule has 1 aliphatic heterocycles. The van der Waals surface area contributed by atoms with Crippen LogP contribution in [0, 0.1) is 0 Å². The second-order valence-electron chi connectivity index (χ2n) is 5.64. The summed E-state index contributed by atoms with van der Waals surface area (Å²) in [6.45, 7) is 2.30. The second kappa shape index (κ2) is 8.79. The Morgan fingerprint density at radius 3 is 3.08 bits per heavy atom. The molecule has 1 saturated heterocycles. The molecule has 0 saturated carbocycles. The van der Waals surface area contributed by atoms with Gasteiger partial charge in [0, 0.05) is 48.1 Å². The molecule has 1 amide bonds. The summed E-state index contributed by atoms with van der Waals surface area (Å²) >= 11 is 4.56. The molecule has 0 aromatic carbocycles. The highest BCUT2D eigenvalue weighted by Crippen LogP contribution is 2.25. The second-order valence-corrected chi connectivity index (χ2v) is 8.87. The maximum atomic E-state index is 12.1. The van der Waals surface area contributed by atoms with E-state index in [2.05, 4.69) is 21.7 Å². The van der Waals surface area contributed by atoms with Crippen molar-refractivity contribution in [2.24, 2.45) is 0 Å². The van der Waals surface area contributed by atoms with Gasteiger partial charge in [-0.3, -0.25) is 4.79 Å². The van der Waals surface area contributed by atoms with E-state index in [1.165, 1.54) is 28.0 Å². The molecule has 2 N–H and O–H groups in total. The van der Waals surface area contributed by atoms with Gasteiger partial charge in [0.05, 0.1) is 0 Å². The highest BCUT2D eigenvalue weighted by Gasteiger charge is 2.30. The number of thiophene rings is 1. The largest absolute Gasteiger partial charge is 0.476 e. The first-order valence-electron chi connectivity index (χ1n) is 7.97. The van der Waals surface area contributed by atoms with Gasteiger partial charge in [-0.25, -0.2) is 9.78 Å². The molecule has 1 unspecified atom stereocenters. The minimum atomic E-state index is -1.00. The molecule has 1 fully saturated rings. The molecule has 0 radical (unpaired) electrons. The quantitative estimate of drug-likeness (QED) is 0.633. The average molecular weight is 398 g/mol. The van der Waals surface area contributed by atoms with Crippen molar-refractivity contribution >= 4 is 46.3 Å². The number of carboxylic acid groups (broad SMARTS) is 1. The van der Waals surface area contributed by atoms with Gasteiger partial charge in [-0.1, -0.05) is 17.8 Å². The van der Waals surface area contributed by atoms with Crippen LogP contribution in [0.15, 0.2) is 27.2 Å². The van der Waals surface area contributed by atoms with Gasteiger partial charge in [-0.2, -0.15) is 0 Å². The minimum Gasteiger partial charge on any atom is -0.476 e. The fourth-order valence-corrected chi connectivity index (χ4v) is 5.22. The third-order valence-electron chi connectivity index (χ3n) is 3.97. The zero-order valence-electron chi connectivity index (χ0n) is 13.5. The Hall–Kier alpha value is -1.42. The van der Waals surface area contributed by atoms with Crippen LogP contribution in [0.1, 0.15) is 28.2 Å². The van der Waals surface area contributed by atoms with Crippen LogP contribution in [-0.4, -0.2) is 51.8 Å². The van der Waals surface area contributed by atoms with Crippen molar-refractivity contribution in [3.05, 3.63) is 33.5 Å². The Kier molecular flexibility index (Phi) is 6.46. The number of carbonyl (C=O) groups excluding carboxylic acids is 1. The molecule has 9 heteroatoms. The van der Waals surface area contributed by atoms with Crippen molar-refractivity contribution in [2.75, 3.05) is 18.8 Å². The number of amides is 1. The number of thiazole rings is 1. The zero-order valence-corrected chi connectivity index (χ0v) is 16.0. The Bertz CT molecular complexity index is 717. The number of carbonyl (C=O) groups is 2. The van der Waals surface area contributed by atoms with Crippen LogP contribution >= 0.6 is 34.4 Å². The summed E-state index contributed by atoms with van der Waals surface area (Å²) in [5.41, 5.74) is 0.0837. The normalized spacial score (nSPS) is 17.4. The predicted molar refractivity (Wildman–Crippen MR) is 101 cm³/mol. The molecule has 2 aromatic heterocycles. The van der Waals surface area contributed by atoms with Crippen LogP contribution in [-0.2, 0) is 11.3 Å². The zero-order chi connectivity index (χ0) is 17.6. The van der Waals surface area contributed by atoms with Gasteiger partial charge in [-0.15, -0.1) is 22.7 Å². The molecule has 2 aromatic rings. The Morgan fingerprint density at radius 1 is 1.48 bits per heavy atom. The van der Waals surface area contributed by atoms with Crippen molar-refractivity contribution in [1.29, 1.82) is 0 Å². The lowest BCUT2D eigenvalue weighted by Crippen LogP contribution is -2.41. The first kappa shape index (κ1) is 18.4. The van der Waals surface area contributed by atoms with Gasteiger partial charge >= 0.3 is 5.97 Å². The number of thioether (sulfide) groups is 1. The molecule has 0 aliphatic carbocycles. The first-order valence-corrected chi connectivity index (χ1v) is 10.7. The van der Waals surface area contributed by atoms with Crippen molar-refractivity contribution in [2.45, 2.75) is 29.8 Å². The fraction of sp³-hybridized carbons (Fsp3) is 0.438. The number of hydrogen-bond acceptors (Lipinski definition) is 7. The topological polar surface area (TPSA) is 82.5 Å². The van der Waals surface area contributed by atoms with Crippen molar-refractivity contribution in [1.82, 2.24) is 15.2 Å². The number of aromatic nitrogens is 1. The standard InChI is InChI=1S/C16H19N3O3S3/c20-14-4-3-11(8-17-9-12-2-1-6-23-12)19(14)5-7-24-16-18-13(10-25-16)15(21)22/h1-2,6,10-11,17H,3-5,7-9H2,(H,21,22). The molecule has 25 heavy (non-hydrogen) atoms. The number of hydrogen-bond donors (Lipinski definition) is 2. The summed E-state index contributed by atoms with van der Waals surface area (Å²) in [5.74, 6) is -0.0803. The Balaban J connectivity index is 1.44. The van der Waals surface area contributed by atoms with Gasteiger partial charge in [-0.05, 0) is 17.9 Å². The lowest BCUT2D eigenvalue weighted by Gasteiger charge is -2.24. The van der Waals surface area contributed by atoms with Gasteiger partial charge in [0.25, 0.3) is 0 Å². The number of likely N-dealkylation sites (tertiary alicyclic amines) is 1. The van der Waals surface area contributed by atoms with Gasteiger partial charge in [0.1, 0.15) is 0 Å². The molecule has 0 bridgehead atoms. The molecular formula is C16H19N3O3S3. The van der Waals surface area contributed by atoms with Gasteiger partial charge in [0.2, 0.25) is 5.91 Å². The smallest absolute Gasteiger partial charge is 0.355 e. The van der Waals surface area contributed by atoms with E-state index in [0.717, 1.165) is 29.6 Å². The van der Waals surface area contributed by atoms with Crippen LogP contribution in [0.2, 0.25) is 0 Å².